The molecule has 0 saturated carbocycles. The van der Waals surface area contributed by atoms with E-state index in [1.165, 1.54) is 218 Å². The number of allylic oxidation sites excluding steroid dienone is 12. The van der Waals surface area contributed by atoms with E-state index in [4.69, 9.17) is 14.2 Å². The third-order valence-electron chi connectivity index (χ3n) is 14.5. The van der Waals surface area contributed by atoms with Gasteiger partial charge >= 0.3 is 17.9 Å². The molecule has 6 nitrogen and oxygen atoms in total. The van der Waals surface area contributed by atoms with Crippen molar-refractivity contribution in [2.24, 2.45) is 0 Å². The number of esters is 3. The molecule has 0 saturated heterocycles. The molecule has 0 amide bonds. The van der Waals surface area contributed by atoms with E-state index in [9.17, 15) is 14.4 Å². The summed E-state index contributed by atoms with van der Waals surface area (Å²) in [5.74, 6) is -0.963. The Balaban J connectivity index is 4.30. The Morgan fingerprint density at radius 2 is 0.539 bits per heavy atom. The number of unbranched alkanes of at least 4 members (excludes halogenated alkanes) is 37. The number of hydrogen-bond donors (Lipinski definition) is 0. The second-order valence-corrected chi connectivity index (χ2v) is 22.0. The second kappa shape index (κ2) is 64.4. The van der Waals surface area contributed by atoms with Crippen LogP contribution >= 0.6 is 0 Å². The minimum Gasteiger partial charge on any atom is -0.462 e. The van der Waals surface area contributed by atoms with Gasteiger partial charge in [0.15, 0.2) is 6.10 Å². The fourth-order valence-corrected chi connectivity index (χ4v) is 9.55. The molecule has 0 aliphatic carbocycles. The van der Waals surface area contributed by atoms with Gasteiger partial charge in [-0.2, -0.15) is 0 Å². The van der Waals surface area contributed by atoms with Crippen LogP contribution in [0.25, 0.3) is 0 Å². The van der Waals surface area contributed by atoms with Crippen molar-refractivity contribution in [2.45, 2.75) is 341 Å². The van der Waals surface area contributed by atoms with Crippen molar-refractivity contribution in [2.75, 3.05) is 13.2 Å². The van der Waals surface area contributed by atoms with Crippen LogP contribution in [-0.2, 0) is 28.6 Å². The molecule has 0 aliphatic rings. The third-order valence-corrected chi connectivity index (χ3v) is 14.5. The number of carbonyl (C=O) groups is 3. The summed E-state index contributed by atoms with van der Waals surface area (Å²) in [6, 6.07) is 0. The van der Waals surface area contributed by atoms with Crippen molar-refractivity contribution in [3.8, 4) is 0 Å². The van der Waals surface area contributed by atoms with E-state index in [-0.39, 0.29) is 37.5 Å². The van der Waals surface area contributed by atoms with Crippen LogP contribution in [0.5, 0.6) is 0 Å². The van der Waals surface area contributed by atoms with Crippen LogP contribution in [0.2, 0.25) is 0 Å². The Bertz CT molecular complexity index is 1400. The maximum atomic E-state index is 12.9. The molecule has 0 heterocycles. The topological polar surface area (TPSA) is 78.9 Å². The predicted molar refractivity (Wildman–Crippen MR) is 330 cm³/mol. The smallest absolute Gasteiger partial charge is 0.306 e. The Morgan fingerprint density at radius 3 is 0.882 bits per heavy atom. The molecule has 0 aromatic carbocycles. The molecule has 6 heteroatoms. The summed E-state index contributed by atoms with van der Waals surface area (Å²) in [5.41, 5.74) is 0. The molecule has 0 bridgehead atoms. The molecule has 440 valence electrons. The molecule has 0 fully saturated rings. The highest BCUT2D eigenvalue weighted by Crippen LogP contribution is 2.17. The van der Waals surface area contributed by atoms with Crippen LogP contribution < -0.4 is 0 Å². The molecule has 0 spiro atoms. The fourth-order valence-electron chi connectivity index (χ4n) is 9.55. The van der Waals surface area contributed by atoms with Crippen LogP contribution in [0, 0.1) is 0 Å². The highest BCUT2D eigenvalue weighted by molar-refractivity contribution is 5.71. The van der Waals surface area contributed by atoms with E-state index in [1.54, 1.807) is 0 Å². The minimum atomic E-state index is -0.803. The van der Waals surface area contributed by atoms with Gasteiger partial charge in [-0.25, -0.2) is 0 Å². The van der Waals surface area contributed by atoms with Gasteiger partial charge in [-0.1, -0.05) is 312 Å². The van der Waals surface area contributed by atoms with E-state index in [0.717, 1.165) is 70.6 Å². The highest BCUT2D eigenvalue weighted by Gasteiger charge is 2.19. The van der Waals surface area contributed by atoms with Gasteiger partial charge in [0.2, 0.25) is 0 Å². The van der Waals surface area contributed by atoms with Gasteiger partial charge in [0.05, 0.1) is 0 Å². The van der Waals surface area contributed by atoms with Gasteiger partial charge in [-0.3, -0.25) is 14.4 Å². The average Bonchev–Trinajstić information content (AvgIpc) is 3.42. The lowest BCUT2D eigenvalue weighted by Gasteiger charge is -2.18. The summed E-state index contributed by atoms with van der Waals surface area (Å²) in [4.78, 5) is 38.3. The SMILES string of the molecule is CC/C=C\C/C=C\C/C=C\C/C=C\CCC(=O)OCC(COC(=O)CCCCCCCCCCCCCCC/C=C\C/C=C\CCCCCCC)OC(=O)CCCCCCCCCCCCCCCCCCCCCC. The molecular formula is C70H124O6. The van der Waals surface area contributed by atoms with Crippen molar-refractivity contribution in [3.05, 3.63) is 72.9 Å². The Labute approximate surface area is 472 Å². The molecule has 0 N–H and O–H groups in total. The monoisotopic (exact) mass is 1060 g/mol. The van der Waals surface area contributed by atoms with Gasteiger partial charge < -0.3 is 14.2 Å². The molecule has 0 radical (unpaired) electrons. The summed E-state index contributed by atoms with van der Waals surface area (Å²) in [6.07, 6.45) is 83.7. The minimum absolute atomic E-state index is 0.0945. The molecule has 1 atom stereocenters. The Morgan fingerprint density at radius 1 is 0.276 bits per heavy atom. The van der Waals surface area contributed by atoms with E-state index in [0.29, 0.717) is 19.3 Å². The maximum Gasteiger partial charge on any atom is 0.306 e. The zero-order valence-corrected chi connectivity index (χ0v) is 50.5. The van der Waals surface area contributed by atoms with E-state index in [2.05, 4.69) is 87.6 Å². The lowest BCUT2D eigenvalue weighted by atomic mass is 10.0. The van der Waals surface area contributed by atoms with Gasteiger partial charge in [-0.15, -0.1) is 0 Å². The molecule has 0 aromatic rings. The van der Waals surface area contributed by atoms with Crippen LogP contribution in [-0.4, -0.2) is 37.2 Å². The summed E-state index contributed by atoms with van der Waals surface area (Å²) >= 11 is 0. The van der Waals surface area contributed by atoms with E-state index < -0.39 is 6.10 Å². The first kappa shape index (κ1) is 72.8. The molecular weight excluding hydrogens is 937 g/mol. The first-order valence-corrected chi connectivity index (χ1v) is 32.9. The lowest BCUT2D eigenvalue weighted by Crippen LogP contribution is -2.30. The average molecular weight is 1060 g/mol. The summed E-state index contributed by atoms with van der Waals surface area (Å²) in [7, 11) is 0. The molecule has 0 aliphatic heterocycles. The lowest BCUT2D eigenvalue weighted by molar-refractivity contribution is -0.166. The van der Waals surface area contributed by atoms with Crippen molar-refractivity contribution in [1.29, 1.82) is 0 Å². The van der Waals surface area contributed by atoms with Crippen molar-refractivity contribution in [1.82, 2.24) is 0 Å². The van der Waals surface area contributed by atoms with Crippen molar-refractivity contribution >= 4 is 17.9 Å². The zero-order valence-electron chi connectivity index (χ0n) is 50.5. The molecule has 1 unspecified atom stereocenters. The van der Waals surface area contributed by atoms with Crippen molar-refractivity contribution < 1.29 is 28.6 Å². The number of ether oxygens (including phenoxy) is 3. The molecule has 0 rings (SSSR count). The van der Waals surface area contributed by atoms with Gasteiger partial charge in [-0.05, 0) is 77.0 Å². The number of rotatable bonds is 60. The Kier molecular flexibility index (Phi) is 61.7. The number of carbonyl (C=O) groups excluding carboxylic acids is 3. The van der Waals surface area contributed by atoms with Crippen LogP contribution in [0.4, 0.5) is 0 Å². The summed E-state index contributed by atoms with van der Waals surface area (Å²) in [5, 5.41) is 0. The highest BCUT2D eigenvalue weighted by atomic mass is 16.6. The van der Waals surface area contributed by atoms with Crippen LogP contribution in [0.1, 0.15) is 335 Å². The maximum absolute atomic E-state index is 12.9. The first-order chi connectivity index (χ1) is 37.5. The zero-order chi connectivity index (χ0) is 55.0. The summed E-state index contributed by atoms with van der Waals surface area (Å²) in [6.45, 7) is 6.50. The summed E-state index contributed by atoms with van der Waals surface area (Å²) < 4.78 is 16.9. The van der Waals surface area contributed by atoms with E-state index >= 15 is 0 Å². The fraction of sp³-hybridized carbons (Fsp3) is 0.786. The van der Waals surface area contributed by atoms with Gasteiger partial charge in [0.25, 0.3) is 0 Å². The molecule has 76 heavy (non-hydrogen) atoms. The standard InChI is InChI=1S/C70H124O6/c1-4-7-10-13-16-19-22-25-27-29-31-33-34-35-36-37-39-40-42-45-48-51-54-57-60-63-69(72)75-66-67(65-74-68(71)62-59-56-53-50-47-44-24-21-18-15-12-9-6-3)76-70(73)64-61-58-55-52-49-46-43-41-38-32-30-28-26-23-20-17-14-11-8-5-2/h9,12,18,21-22,25,29,31,44,47,53,56,67H,4-8,10-11,13-17,19-20,23-24,26-28,30,32-43,45-46,48-52,54-55,57-66H2,1-3H3/b12-9-,21-18-,25-22-,31-29-,47-44-,56-53-. The normalized spacial score (nSPS) is 12.5. The van der Waals surface area contributed by atoms with Crippen LogP contribution in [0.15, 0.2) is 72.9 Å². The third kappa shape index (κ3) is 61.7. The predicted octanol–water partition coefficient (Wildman–Crippen LogP) is 22.5. The van der Waals surface area contributed by atoms with Gasteiger partial charge in [0.1, 0.15) is 13.2 Å². The first-order valence-electron chi connectivity index (χ1n) is 32.9. The molecule has 0 aromatic heterocycles. The second-order valence-electron chi connectivity index (χ2n) is 22.0. The van der Waals surface area contributed by atoms with Gasteiger partial charge in [0, 0.05) is 19.3 Å². The van der Waals surface area contributed by atoms with E-state index in [1.807, 2.05) is 6.08 Å². The number of hydrogen-bond acceptors (Lipinski definition) is 6. The Hall–Kier alpha value is -3.15. The van der Waals surface area contributed by atoms with Crippen LogP contribution in [0.3, 0.4) is 0 Å². The van der Waals surface area contributed by atoms with Crippen molar-refractivity contribution in [3.63, 3.8) is 0 Å². The quantitative estimate of drug-likeness (QED) is 0.0261. The largest absolute Gasteiger partial charge is 0.462 e.